The molecule has 0 radical (unpaired) electrons. The Balaban J connectivity index is 1.39. The van der Waals surface area contributed by atoms with E-state index in [0.29, 0.717) is 31.7 Å². The van der Waals surface area contributed by atoms with Crippen molar-refractivity contribution in [2.75, 3.05) is 13.2 Å². The molecule has 2 aromatic heterocycles. The summed E-state index contributed by atoms with van der Waals surface area (Å²) in [5.41, 5.74) is 2.21. The monoisotopic (exact) mass is 728 g/mol. The number of benzene rings is 3. The van der Waals surface area contributed by atoms with Gasteiger partial charge in [-0.15, -0.1) is 0 Å². The molecule has 1 atom stereocenters. The molecule has 0 spiro atoms. The first-order valence-electron chi connectivity index (χ1n) is 14.3. The van der Waals surface area contributed by atoms with E-state index in [-0.39, 0.29) is 48.4 Å². The zero-order chi connectivity index (χ0) is 33.5. The first kappa shape index (κ1) is 32.3. The first-order chi connectivity index (χ1) is 22.4. The molecule has 0 fully saturated rings. The van der Waals surface area contributed by atoms with E-state index in [1.54, 1.807) is 43.6 Å². The number of halogens is 5. The summed E-state index contributed by atoms with van der Waals surface area (Å²) in [7, 11) is 0. The molecule has 3 aromatic carbocycles. The Morgan fingerprint density at radius 3 is 2.53 bits per heavy atom. The van der Waals surface area contributed by atoms with Crippen LogP contribution >= 0.6 is 27.5 Å². The van der Waals surface area contributed by atoms with Gasteiger partial charge in [-0.3, -0.25) is 28.7 Å². The fraction of sp³-hybridized carbons (Fsp3) is 0.219. The summed E-state index contributed by atoms with van der Waals surface area (Å²) in [4.78, 5) is 51.8. The second-order valence-corrected chi connectivity index (χ2v) is 12.0. The van der Waals surface area contributed by atoms with Crippen molar-refractivity contribution in [2.24, 2.45) is 0 Å². The second-order valence-electron chi connectivity index (χ2n) is 10.8. The number of para-hydroxylation sites is 1. The zero-order valence-electron chi connectivity index (χ0n) is 24.6. The van der Waals surface area contributed by atoms with Gasteiger partial charge in [0, 0.05) is 41.1 Å². The first-order valence-corrected chi connectivity index (χ1v) is 15.5. The van der Waals surface area contributed by atoms with Gasteiger partial charge in [0.05, 0.1) is 40.0 Å². The van der Waals surface area contributed by atoms with Gasteiger partial charge in [-0.2, -0.15) is 13.2 Å². The molecule has 15 heteroatoms. The Morgan fingerprint density at radius 1 is 1.06 bits per heavy atom. The highest BCUT2D eigenvalue weighted by atomic mass is 79.9. The number of hydrogen-bond acceptors (Lipinski definition) is 6. The number of fused-ring (bicyclic) bond motifs is 2. The van der Waals surface area contributed by atoms with Crippen LogP contribution in [-0.2, 0) is 13.1 Å². The number of ether oxygens (including phenoxy) is 1. The van der Waals surface area contributed by atoms with Crippen molar-refractivity contribution in [3.05, 3.63) is 116 Å². The summed E-state index contributed by atoms with van der Waals surface area (Å²) >= 11 is 9.55. The van der Waals surface area contributed by atoms with Gasteiger partial charge < -0.3 is 15.0 Å². The lowest BCUT2D eigenvalue weighted by atomic mass is 10.1. The van der Waals surface area contributed by atoms with Gasteiger partial charge in [0.1, 0.15) is 11.4 Å². The number of rotatable bonds is 7. The molecule has 1 aliphatic heterocycles. The minimum Gasteiger partial charge on any atom is -0.484 e. The largest absolute Gasteiger partial charge is 0.484 e. The summed E-state index contributed by atoms with van der Waals surface area (Å²) in [5.74, 6) is -1.02. The summed E-state index contributed by atoms with van der Waals surface area (Å²) in [6.45, 7) is 0.494. The molecular formula is C32H25BrClF3N6O4. The van der Waals surface area contributed by atoms with Gasteiger partial charge in [-0.25, -0.2) is 4.79 Å². The predicted octanol–water partition coefficient (Wildman–Crippen LogP) is 6.09. The maximum Gasteiger partial charge on any atom is 0.422 e. The van der Waals surface area contributed by atoms with Crippen LogP contribution in [0.1, 0.15) is 45.1 Å². The standard InChI is InChI=1S/C32H25BrClF3N6O4/c1-18(22-3-2-4-25-27(22)39-12-11-38-25)40-29(44)28-26-16-41(30(45)19-5-10-23(33)24(34)15-19)13-14-42(26)31(46)43(28)20-6-8-21(9-7-20)47-17-32(35,36)37/h2-12,15,18H,13-14,16-17H2,1H3,(H,40,44). The lowest BCUT2D eigenvalue weighted by Gasteiger charge is -2.28. The van der Waals surface area contributed by atoms with Crippen LogP contribution in [0.15, 0.2) is 82.3 Å². The normalized spacial score (nSPS) is 13.7. The average Bonchev–Trinajstić information content (AvgIpc) is 3.35. The predicted molar refractivity (Wildman–Crippen MR) is 171 cm³/mol. The van der Waals surface area contributed by atoms with Crippen molar-refractivity contribution in [3.8, 4) is 11.4 Å². The highest BCUT2D eigenvalue weighted by Gasteiger charge is 2.33. The number of aromatic nitrogens is 4. The maximum absolute atomic E-state index is 14.2. The Bertz CT molecular complexity index is 2060. The second kappa shape index (κ2) is 12.8. The Kier molecular flexibility index (Phi) is 8.81. The number of carbonyl (C=O) groups excluding carboxylic acids is 2. The van der Waals surface area contributed by atoms with Gasteiger partial charge >= 0.3 is 11.9 Å². The van der Waals surface area contributed by atoms with Crippen molar-refractivity contribution in [1.29, 1.82) is 0 Å². The van der Waals surface area contributed by atoms with Crippen molar-refractivity contribution in [2.45, 2.75) is 32.2 Å². The molecule has 0 bridgehead atoms. The van der Waals surface area contributed by atoms with Crippen LogP contribution in [0.25, 0.3) is 16.7 Å². The van der Waals surface area contributed by atoms with E-state index in [4.69, 9.17) is 16.3 Å². The molecular weight excluding hydrogens is 705 g/mol. The van der Waals surface area contributed by atoms with Crippen LogP contribution in [0.3, 0.4) is 0 Å². The van der Waals surface area contributed by atoms with E-state index in [9.17, 15) is 27.6 Å². The van der Waals surface area contributed by atoms with Crippen molar-refractivity contribution in [3.63, 3.8) is 0 Å². The molecule has 0 aliphatic carbocycles. The minimum atomic E-state index is -4.53. The number of nitrogens with zero attached hydrogens (tertiary/aromatic N) is 5. The third-order valence-corrected chi connectivity index (χ3v) is 8.92. The highest BCUT2D eigenvalue weighted by Crippen LogP contribution is 2.28. The summed E-state index contributed by atoms with van der Waals surface area (Å²) in [5, 5.41) is 3.31. The smallest absolute Gasteiger partial charge is 0.422 e. The van der Waals surface area contributed by atoms with Crippen LogP contribution in [0, 0.1) is 0 Å². The zero-order valence-corrected chi connectivity index (χ0v) is 26.9. The van der Waals surface area contributed by atoms with Crippen molar-refractivity contribution < 1.29 is 27.5 Å². The Labute approximate surface area is 278 Å². The summed E-state index contributed by atoms with van der Waals surface area (Å²) in [6.07, 6.45) is -1.41. The average molecular weight is 730 g/mol. The fourth-order valence-electron chi connectivity index (χ4n) is 5.48. The molecule has 1 N–H and O–H groups in total. The molecule has 0 saturated heterocycles. The van der Waals surface area contributed by atoms with E-state index in [1.165, 1.54) is 44.4 Å². The van der Waals surface area contributed by atoms with Gasteiger partial charge in [-0.05, 0) is 71.4 Å². The third-order valence-electron chi connectivity index (χ3n) is 7.69. The molecule has 2 amide bonds. The van der Waals surface area contributed by atoms with E-state index in [2.05, 4.69) is 31.2 Å². The summed E-state index contributed by atoms with van der Waals surface area (Å²) in [6, 6.07) is 15.0. The van der Waals surface area contributed by atoms with E-state index >= 15 is 0 Å². The number of imidazole rings is 1. The van der Waals surface area contributed by atoms with Crippen LogP contribution in [-0.4, -0.2) is 55.1 Å². The van der Waals surface area contributed by atoms with Gasteiger partial charge in [0.2, 0.25) is 0 Å². The fourth-order valence-corrected chi connectivity index (χ4v) is 5.91. The van der Waals surface area contributed by atoms with E-state index in [0.717, 1.165) is 0 Å². The molecule has 5 aromatic rings. The molecule has 6 rings (SSSR count). The topological polar surface area (TPSA) is 111 Å². The number of hydrogen-bond donors (Lipinski definition) is 1. The lowest BCUT2D eigenvalue weighted by molar-refractivity contribution is -0.153. The molecule has 242 valence electrons. The molecule has 47 heavy (non-hydrogen) atoms. The molecule has 1 aliphatic rings. The molecule has 0 saturated carbocycles. The number of alkyl halides is 3. The quantitative estimate of drug-likeness (QED) is 0.217. The van der Waals surface area contributed by atoms with Crippen LogP contribution in [0.2, 0.25) is 5.02 Å². The van der Waals surface area contributed by atoms with Gasteiger partial charge in [0.25, 0.3) is 11.8 Å². The molecule has 10 nitrogen and oxygen atoms in total. The maximum atomic E-state index is 14.2. The SMILES string of the molecule is CC(NC(=O)c1c2n(c(=O)n1-c1ccc(OCC(F)(F)F)cc1)CCN(C(=O)c1ccc(Br)c(Cl)c1)C2)c1cccc2nccnc12. The number of carbonyl (C=O) groups is 2. The minimum absolute atomic E-state index is 0.0246. The Hall–Kier alpha value is -4.69. The van der Waals surface area contributed by atoms with Gasteiger partial charge in [-0.1, -0.05) is 23.7 Å². The molecule has 1 unspecified atom stereocenters. The number of nitrogens with one attached hydrogen (secondary N) is 1. The summed E-state index contributed by atoms with van der Waals surface area (Å²) < 4.78 is 46.2. The van der Waals surface area contributed by atoms with Gasteiger partial charge in [0.15, 0.2) is 6.61 Å². The molecule has 3 heterocycles. The highest BCUT2D eigenvalue weighted by molar-refractivity contribution is 9.10. The van der Waals surface area contributed by atoms with E-state index < -0.39 is 30.4 Å². The Morgan fingerprint density at radius 2 is 1.81 bits per heavy atom. The van der Waals surface area contributed by atoms with Crippen LogP contribution in [0.4, 0.5) is 13.2 Å². The van der Waals surface area contributed by atoms with Crippen molar-refractivity contribution in [1.82, 2.24) is 29.3 Å². The van der Waals surface area contributed by atoms with Crippen LogP contribution in [0.5, 0.6) is 5.75 Å². The third kappa shape index (κ3) is 6.60. The van der Waals surface area contributed by atoms with Crippen LogP contribution < -0.4 is 15.7 Å². The van der Waals surface area contributed by atoms with Crippen molar-refractivity contribution >= 4 is 50.4 Å². The lowest BCUT2D eigenvalue weighted by Crippen LogP contribution is -2.41. The number of amides is 2. The van der Waals surface area contributed by atoms with E-state index in [1.807, 2.05) is 6.07 Å².